The van der Waals surface area contributed by atoms with Gasteiger partial charge in [0.15, 0.2) is 5.65 Å². The molecule has 0 aromatic carbocycles. The lowest BCUT2D eigenvalue weighted by atomic mass is 10.3. The summed E-state index contributed by atoms with van der Waals surface area (Å²) in [4.78, 5) is 20.6. The van der Waals surface area contributed by atoms with Crippen molar-refractivity contribution in [2.45, 2.75) is 13.8 Å². The summed E-state index contributed by atoms with van der Waals surface area (Å²) in [6, 6.07) is 1.96. The van der Waals surface area contributed by atoms with Gasteiger partial charge in [0.2, 0.25) is 5.95 Å². The first-order chi connectivity index (χ1) is 9.56. The Balaban J connectivity index is 2.11. The first-order valence-corrected chi connectivity index (χ1v) is 6.67. The maximum absolute atomic E-state index is 12.4. The van der Waals surface area contributed by atoms with E-state index in [1.807, 2.05) is 19.2 Å². The molecule has 0 aliphatic heterocycles. The highest BCUT2D eigenvalue weighted by Crippen LogP contribution is 2.22. The van der Waals surface area contributed by atoms with E-state index in [1.165, 1.54) is 6.33 Å². The van der Waals surface area contributed by atoms with Crippen LogP contribution < -0.4 is 5.32 Å². The Labute approximate surface area is 122 Å². The molecule has 0 radical (unpaired) electrons. The number of aromatic amines is 1. The number of aryl methyl sites for hydroxylation is 2. The smallest absolute Gasteiger partial charge is 0.276 e. The molecule has 0 aliphatic carbocycles. The third kappa shape index (κ3) is 2.07. The second-order valence-electron chi connectivity index (χ2n) is 4.39. The molecule has 20 heavy (non-hydrogen) atoms. The van der Waals surface area contributed by atoms with Crippen molar-refractivity contribution in [2.75, 3.05) is 5.32 Å². The normalized spacial score (nSPS) is 10.9. The van der Waals surface area contributed by atoms with Crippen molar-refractivity contribution < 1.29 is 4.79 Å². The molecular formula is C12H11BrN6O. The fourth-order valence-corrected chi connectivity index (χ4v) is 2.69. The highest BCUT2D eigenvalue weighted by Gasteiger charge is 2.19. The standard InChI is InChI=1S/C12H11BrN6O/c1-6-3-8(13)10-16-7(2)9(19(10)4-6)11(20)17-12-14-5-15-18-12/h3-5H,1-2H3,(H2,14,15,17,18,20). The number of halogens is 1. The predicted molar refractivity (Wildman–Crippen MR) is 76.7 cm³/mol. The second kappa shape index (κ2) is 4.71. The van der Waals surface area contributed by atoms with Crippen LogP contribution in [0.4, 0.5) is 5.95 Å². The van der Waals surface area contributed by atoms with Crippen LogP contribution in [0.25, 0.3) is 5.65 Å². The van der Waals surface area contributed by atoms with E-state index in [9.17, 15) is 4.79 Å². The zero-order valence-corrected chi connectivity index (χ0v) is 12.4. The van der Waals surface area contributed by atoms with Crippen LogP contribution in [-0.2, 0) is 0 Å². The summed E-state index contributed by atoms with van der Waals surface area (Å²) in [7, 11) is 0. The Bertz CT molecular complexity index is 792. The number of nitrogens with zero attached hydrogens (tertiary/aromatic N) is 4. The Morgan fingerprint density at radius 1 is 1.45 bits per heavy atom. The Morgan fingerprint density at radius 3 is 2.95 bits per heavy atom. The molecule has 1 amide bonds. The van der Waals surface area contributed by atoms with Crippen molar-refractivity contribution in [3.05, 3.63) is 40.0 Å². The average Bonchev–Trinajstić information content (AvgIpc) is 2.96. The van der Waals surface area contributed by atoms with Gasteiger partial charge in [-0.15, -0.1) is 0 Å². The highest BCUT2D eigenvalue weighted by molar-refractivity contribution is 9.10. The van der Waals surface area contributed by atoms with Gasteiger partial charge in [0.1, 0.15) is 12.0 Å². The maximum Gasteiger partial charge on any atom is 0.276 e. The van der Waals surface area contributed by atoms with Crippen LogP contribution in [0, 0.1) is 13.8 Å². The molecule has 7 nitrogen and oxygen atoms in total. The van der Waals surface area contributed by atoms with Gasteiger partial charge in [-0.05, 0) is 41.4 Å². The molecular weight excluding hydrogens is 324 g/mol. The summed E-state index contributed by atoms with van der Waals surface area (Å²) < 4.78 is 2.61. The molecule has 0 saturated heterocycles. The third-order valence-electron chi connectivity index (χ3n) is 2.85. The minimum Gasteiger partial charge on any atom is -0.294 e. The van der Waals surface area contributed by atoms with Crippen molar-refractivity contribution in [3.63, 3.8) is 0 Å². The number of aromatic nitrogens is 5. The number of fused-ring (bicyclic) bond motifs is 1. The van der Waals surface area contributed by atoms with Gasteiger partial charge >= 0.3 is 0 Å². The monoisotopic (exact) mass is 334 g/mol. The molecule has 0 unspecified atom stereocenters. The van der Waals surface area contributed by atoms with Gasteiger partial charge in [0.25, 0.3) is 5.91 Å². The summed E-state index contributed by atoms with van der Waals surface area (Å²) >= 11 is 3.46. The van der Waals surface area contributed by atoms with E-state index in [-0.39, 0.29) is 5.91 Å². The number of amides is 1. The molecule has 3 rings (SSSR count). The van der Waals surface area contributed by atoms with Crippen LogP contribution in [0.2, 0.25) is 0 Å². The van der Waals surface area contributed by atoms with Crippen molar-refractivity contribution >= 4 is 33.4 Å². The predicted octanol–water partition coefficient (Wildman–Crippen LogP) is 2.08. The minimum absolute atomic E-state index is 0.288. The number of H-pyrrole nitrogens is 1. The van der Waals surface area contributed by atoms with Crippen LogP contribution in [0.5, 0.6) is 0 Å². The Kier molecular flexibility index (Phi) is 3.01. The fourth-order valence-electron chi connectivity index (χ4n) is 2.05. The molecule has 102 valence electrons. The molecule has 3 aromatic rings. The van der Waals surface area contributed by atoms with Crippen molar-refractivity contribution in [2.24, 2.45) is 0 Å². The largest absolute Gasteiger partial charge is 0.294 e. The number of nitrogens with one attached hydrogen (secondary N) is 2. The molecule has 3 heterocycles. The first-order valence-electron chi connectivity index (χ1n) is 5.88. The van der Waals surface area contributed by atoms with Gasteiger partial charge in [-0.25, -0.2) is 10.1 Å². The summed E-state index contributed by atoms with van der Waals surface area (Å²) in [5.41, 5.74) is 2.85. The van der Waals surface area contributed by atoms with E-state index in [1.54, 1.807) is 11.3 Å². The van der Waals surface area contributed by atoms with Gasteiger partial charge in [-0.1, -0.05) is 0 Å². The molecule has 0 atom stereocenters. The van der Waals surface area contributed by atoms with Crippen LogP contribution in [-0.4, -0.2) is 30.5 Å². The number of carbonyl (C=O) groups is 1. The summed E-state index contributed by atoms with van der Waals surface area (Å²) in [6.07, 6.45) is 3.20. The number of imidazole rings is 1. The molecule has 2 N–H and O–H groups in total. The van der Waals surface area contributed by atoms with E-state index >= 15 is 0 Å². The van der Waals surface area contributed by atoms with Crippen molar-refractivity contribution in [1.29, 1.82) is 0 Å². The van der Waals surface area contributed by atoms with E-state index in [0.717, 1.165) is 10.0 Å². The number of hydrogen-bond acceptors (Lipinski definition) is 4. The van der Waals surface area contributed by atoms with Crippen molar-refractivity contribution in [1.82, 2.24) is 24.6 Å². The molecule has 0 aliphatic rings. The summed E-state index contributed by atoms with van der Waals surface area (Å²) in [5, 5.41) is 8.93. The van der Waals surface area contributed by atoms with Crippen LogP contribution in [0.15, 0.2) is 23.1 Å². The molecule has 0 spiro atoms. The van der Waals surface area contributed by atoms with Crippen molar-refractivity contribution in [3.8, 4) is 0 Å². The quantitative estimate of drug-likeness (QED) is 0.751. The Hall–Kier alpha value is -2.22. The van der Waals surface area contributed by atoms with Crippen LogP contribution in [0.1, 0.15) is 21.7 Å². The number of anilines is 1. The molecule has 0 fully saturated rings. The van der Waals surface area contributed by atoms with Gasteiger partial charge in [-0.2, -0.15) is 10.1 Å². The molecule has 0 bridgehead atoms. The Morgan fingerprint density at radius 2 is 2.25 bits per heavy atom. The lowest BCUT2D eigenvalue weighted by molar-refractivity contribution is 0.102. The zero-order chi connectivity index (χ0) is 14.3. The van der Waals surface area contributed by atoms with Gasteiger partial charge in [0.05, 0.1) is 10.2 Å². The number of hydrogen-bond donors (Lipinski definition) is 2. The van der Waals surface area contributed by atoms with E-state index in [0.29, 0.717) is 23.0 Å². The number of carbonyl (C=O) groups excluding carboxylic acids is 1. The number of pyridine rings is 1. The maximum atomic E-state index is 12.4. The van der Waals surface area contributed by atoms with Gasteiger partial charge in [0, 0.05) is 6.20 Å². The molecule has 8 heteroatoms. The van der Waals surface area contributed by atoms with Gasteiger partial charge in [-0.3, -0.25) is 14.5 Å². The topological polar surface area (TPSA) is 88.0 Å². The third-order valence-corrected chi connectivity index (χ3v) is 3.43. The highest BCUT2D eigenvalue weighted by atomic mass is 79.9. The van der Waals surface area contributed by atoms with E-state index in [2.05, 4.69) is 41.4 Å². The lowest BCUT2D eigenvalue weighted by Crippen LogP contribution is -2.16. The lowest BCUT2D eigenvalue weighted by Gasteiger charge is -2.04. The first kappa shape index (κ1) is 12.8. The summed E-state index contributed by atoms with van der Waals surface area (Å²) in [5.74, 6) is 0.0142. The van der Waals surface area contributed by atoms with Crippen LogP contribution in [0.3, 0.4) is 0 Å². The fraction of sp³-hybridized carbons (Fsp3) is 0.167. The van der Waals surface area contributed by atoms with E-state index < -0.39 is 0 Å². The molecule has 3 aromatic heterocycles. The van der Waals surface area contributed by atoms with E-state index in [4.69, 9.17) is 0 Å². The SMILES string of the molecule is Cc1cc(Br)c2nc(C)c(C(=O)Nc3ncn[nH]3)n2c1. The molecule has 0 saturated carbocycles. The minimum atomic E-state index is -0.288. The average molecular weight is 335 g/mol. The zero-order valence-electron chi connectivity index (χ0n) is 10.8. The summed E-state index contributed by atoms with van der Waals surface area (Å²) in [6.45, 7) is 3.75. The number of rotatable bonds is 2. The van der Waals surface area contributed by atoms with Crippen LogP contribution >= 0.6 is 15.9 Å². The second-order valence-corrected chi connectivity index (χ2v) is 5.25. The van der Waals surface area contributed by atoms with Gasteiger partial charge < -0.3 is 0 Å².